The minimum atomic E-state index is -0.962. The Labute approximate surface area is 105 Å². The topological polar surface area (TPSA) is 57.8 Å². The first kappa shape index (κ1) is 11.2. The van der Waals surface area contributed by atoms with Crippen LogP contribution in [-0.2, 0) is 0 Å². The fraction of sp³-hybridized carbons (Fsp3) is 0.385. The zero-order valence-electron chi connectivity index (χ0n) is 10.2. The van der Waals surface area contributed by atoms with Crippen molar-refractivity contribution in [1.82, 2.24) is 14.3 Å². The predicted molar refractivity (Wildman–Crippen MR) is 67.0 cm³/mol. The molecule has 1 saturated heterocycles. The molecule has 3 rings (SSSR count). The van der Waals surface area contributed by atoms with Crippen molar-refractivity contribution in [2.75, 3.05) is 20.1 Å². The van der Waals surface area contributed by atoms with E-state index in [0.717, 1.165) is 25.3 Å². The van der Waals surface area contributed by atoms with E-state index in [1.807, 2.05) is 22.7 Å². The number of pyridine rings is 1. The highest BCUT2D eigenvalue weighted by atomic mass is 16.4. The number of aromatic carboxylic acids is 1. The molecule has 1 aliphatic heterocycles. The molecule has 18 heavy (non-hydrogen) atoms. The van der Waals surface area contributed by atoms with Gasteiger partial charge in [0.1, 0.15) is 5.82 Å². The van der Waals surface area contributed by atoms with E-state index in [9.17, 15) is 9.90 Å². The number of fused-ring (bicyclic) bond motifs is 1. The van der Waals surface area contributed by atoms with Gasteiger partial charge in [-0.2, -0.15) is 0 Å². The summed E-state index contributed by atoms with van der Waals surface area (Å²) in [6.45, 7) is 1.97. The van der Waals surface area contributed by atoms with Gasteiger partial charge in [0, 0.05) is 18.7 Å². The van der Waals surface area contributed by atoms with Crippen LogP contribution in [0.2, 0.25) is 0 Å². The van der Waals surface area contributed by atoms with Crippen LogP contribution in [0.15, 0.2) is 24.4 Å². The number of nitrogens with zero attached hydrogens (tertiary/aromatic N) is 3. The Morgan fingerprint density at radius 1 is 1.50 bits per heavy atom. The zero-order chi connectivity index (χ0) is 12.7. The van der Waals surface area contributed by atoms with E-state index in [1.54, 1.807) is 6.07 Å². The number of hydrogen-bond donors (Lipinski definition) is 1. The van der Waals surface area contributed by atoms with Crippen molar-refractivity contribution in [2.45, 2.75) is 12.3 Å². The molecule has 0 spiro atoms. The Bertz CT molecular complexity index is 605. The van der Waals surface area contributed by atoms with Crippen LogP contribution in [0.1, 0.15) is 28.7 Å². The third kappa shape index (κ3) is 1.67. The number of rotatable bonds is 2. The predicted octanol–water partition coefficient (Wildman–Crippen LogP) is 1.45. The molecule has 1 fully saturated rings. The van der Waals surface area contributed by atoms with Crippen molar-refractivity contribution < 1.29 is 9.90 Å². The minimum absolute atomic E-state index is 0.153. The van der Waals surface area contributed by atoms with Gasteiger partial charge in [0.15, 0.2) is 5.69 Å². The average molecular weight is 245 g/mol. The monoisotopic (exact) mass is 245 g/mol. The van der Waals surface area contributed by atoms with Crippen molar-refractivity contribution in [1.29, 1.82) is 0 Å². The smallest absolute Gasteiger partial charge is 0.356 e. The standard InChI is InChI=1S/C13H15N3O2/c1-15-7-5-9(8-15)12-14-11(13(17)18)10-4-2-3-6-16(10)12/h2-4,6,9H,5,7-8H2,1H3,(H,17,18). The second kappa shape index (κ2) is 4.10. The molecule has 1 N–H and O–H groups in total. The molecule has 0 amide bonds. The number of likely N-dealkylation sites (N-methyl/N-ethyl adjacent to an activating group) is 1. The number of carboxylic acid groups (broad SMARTS) is 1. The van der Waals surface area contributed by atoms with E-state index in [0.29, 0.717) is 11.4 Å². The van der Waals surface area contributed by atoms with E-state index in [2.05, 4.69) is 16.9 Å². The maximum Gasteiger partial charge on any atom is 0.356 e. The van der Waals surface area contributed by atoms with Gasteiger partial charge in [-0.3, -0.25) is 0 Å². The summed E-state index contributed by atoms with van der Waals surface area (Å²) in [5, 5.41) is 9.20. The van der Waals surface area contributed by atoms with Crippen LogP contribution < -0.4 is 0 Å². The van der Waals surface area contributed by atoms with Crippen LogP contribution in [0, 0.1) is 0 Å². The number of likely N-dealkylation sites (tertiary alicyclic amines) is 1. The molecule has 3 heterocycles. The Morgan fingerprint density at radius 3 is 3.00 bits per heavy atom. The summed E-state index contributed by atoms with van der Waals surface area (Å²) in [7, 11) is 2.08. The van der Waals surface area contributed by atoms with Crippen LogP contribution >= 0.6 is 0 Å². The van der Waals surface area contributed by atoms with E-state index in [4.69, 9.17) is 0 Å². The number of aromatic nitrogens is 2. The van der Waals surface area contributed by atoms with E-state index in [-0.39, 0.29) is 5.69 Å². The summed E-state index contributed by atoms with van der Waals surface area (Å²) in [4.78, 5) is 17.8. The van der Waals surface area contributed by atoms with Gasteiger partial charge < -0.3 is 14.4 Å². The maximum atomic E-state index is 11.2. The second-order valence-corrected chi connectivity index (χ2v) is 4.83. The molecule has 1 aliphatic rings. The summed E-state index contributed by atoms with van der Waals surface area (Å²) in [6.07, 6.45) is 2.92. The van der Waals surface area contributed by atoms with Gasteiger partial charge in [-0.15, -0.1) is 0 Å². The molecular formula is C13H15N3O2. The highest BCUT2D eigenvalue weighted by Gasteiger charge is 2.27. The Kier molecular flexibility index (Phi) is 2.56. The second-order valence-electron chi connectivity index (χ2n) is 4.83. The normalized spacial score (nSPS) is 20.6. The summed E-state index contributed by atoms with van der Waals surface area (Å²) in [5.41, 5.74) is 0.828. The molecule has 94 valence electrons. The van der Waals surface area contributed by atoms with Gasteiger partial charge in [0.25, 0.3) is 0 Å². The van der Waals surface area contributed by atoms with Crippen molar-refractivity contribution >= 4 is 11.5 Å². The van der Waals surface area contributed by atoms with Crippen molar-refractivity contribution in [3.05, 3.63) is 35.9 Å². The molecular weight excluding hydrogens is 230 g/mol. The van der Waals surface area contributed by atoms with Crippen LogP contribution in [0.3, 0.4) is 0 Å². The molecule has 0 bridgehead atoms. The number of carboxylic acids is 1. The quantitative estimate of drug-likeness (QED) is 0.870. The molecule has 1 unspecified atom stereocenters. The SMILES string of the molecule is CN1CCC(c2nc(C(=O)O)c3ccccn23)C1. The van der Waals surface area contributed by atoms with Crippen molar-refractivity contribution in [3.63, 3.8) is 0 Å². The number of carbonyl (C=O) groups is 1. The van der Waals surface area contributed by atoms with Gasteiger partial charge in [-0.25, -0.2) is 9.78 Å². The highest BCUT2D eigenvalue weighted by molar-refractivity contribution is 5.93. The summed E-state index contributed by atoms with van der Waals surface area (Å²) in [5.74, 6) is 0.224. The minimum Gasteiger partial charge on any atom is -0.476 e. The molecule has 2 aromatic heterocycles. The zero-order valence-corrected chi connectivity index (χ0v) is 10.2. The lowest BCUT2D eigenvalue weighted by Gasteiger charge is -2.09. The third-order valence-electron chi connectivity index (χ3n) is 3.53. The number of imidazole rings is 1. The Hall–Kier alpha value is -1.88. The fourth-order valence-electron chi connectivity index (χ4n) is 2.65. The molecule has 1 atom stereocenters. The van der Waals surface area contributed by atoms with E-state index >= 15 is 0 Å². The largest absolute Gasteiger partial charge is 0.476 e. The first-order valence-electron chi connectivity index (χ1n) is 6.05. The Morgan fingerprint density at radius 2 is 2.33 bits per heavy atom. The number of hydrogen-bond acceptors (Lipinski definition) is 3. The van der Waals surface area contributed by atoms with Gasteiger partial charge in [-0.05, 0) is 32.1 Å². The molecule has 0 saturated carbocycles. The summed E-state index contributed by atoms with van der Waals surface area (Å²) in [6, 6.07) is 5.55. The first-order valence-corrected chi connectivity index (χ1v) is 6.05. The van der Waals surface area contributed by atoms with Gasteiger partial charge in [0.2, 0.25) is 0 Å². The van der Waals surface area contributed by atoms with Crippen molar-refractivity contribution in [2.24, 2.45) is 0 Å². The molecule has 5 heteroatoms. The molecule has 0 aromatic carbocycles. The Balaban J connectivity index is 2.14. The fourth-order valence-corrected chi connectivity index (χ4v) is 2.65. The molecule has 2 aromatic rings. The van der Waals surface area contributed by atoms with E-state index in [1.165, 1.54) is 0 Å². The van der Waals surface area contributed by atoms with Crippen LogP contribution in [-0.4, -0.2) is 45.5 Å². The maximum absolute atomic E-state index is 11.2. The van der Waals surface area contributed by atoms with Gasteiger partial charge in [-0.1, -0.05) is 6.07 Å². The highest BCUT2D eigenvalue weighted by Crippen LogP contribution is 2.27. The third-order valence-corrected chi connectivity index (χ3v) is 3.53. The molecule has 0 radical (unpaired) electrons. The summed E-state index contributed by atoms with van der Waals surface area (Å²) < 4.78 is 1.91. The van der Waals surface area contributed by atoms with Crippen LogP contribution in [0.25, 0.3) is 5.52 Å². The summed E-state index contributed by atoms with van der Waals surface area (Å²) >= 11 is 0. The van der Waals surface area contributed by atoms with E-state index < -0.39 is 5.97 Å². The lowest BCUT2D eigenvalue weighted by molar-refractivity contribution is 0.0693. The van der Waals surface area contributed by atoms with Crippen LogP contribution in [0.5, 0.6) is 0 Å². The lowest BCUT2D eigenvalue weighted by atomic mass is 10.1. The van der Waals surface area contributed by atoms with Gasteiger partial charge >= 0.3 is 5.97 Å². The van der Waals surface area contributed by atoms with Crippen LogP contribution in [0.4, 0.5) is 0 Å². The molecule has 0 aliphatic carbocycles. The lowest BCUT2D eigenvalue weighted by Crippen LogP contribution is -2.14. The molecule has 5 nitrogen and oxygen atoms in total. The first-order chi connectivity index (χ1) is 8.66. The van der Waals surface area contributed by atoms with Gasteiger partial charge in [0.05, 0.1) is 5.52 Å². The van der Waals surface area contributed by atoms with Crippen molar-refractivity contribution in [3.8, 4) is 0 Å². The average Bonchev–Trinajstić information content (AvgIpc) is 2.92.